The van der Waals surface area contributed by atoms with Crippen LogP contribution in [0.25, 0.3) is 72.3 Å². The Kier molecular flexibility index (Phi) is 13.1. The smallest absolute Gasteiger partial charge is 0.193 e. The number of ketones is 1. The highest BCUT2D eigenvalue weighted by atomic mass is 16.1. The Hall–Kier alpha value is -8.13. The van der Waals surface area contributed by atoms with Gasteiger partial charge in [0.2, 0.25) is 0 Å². The number of carbonyl (C=O) groups is 1. The van der Waals surface area contributed by atoms with Gasteiger partial charge in [-0.25, -0.2) is 0 Å². The Morgan fingerprint density at radius 3 is 1.15 bits per heavy atom. The first-order chi connectivity index (χ1) is 32.7. The largest absolute Gasteiger partial charge is 0.289 e. The van der Waals surface area contributed by atoms with Gasteiger partial charge >= 0.3 is 0 Å². The second kappa shape index (κ2) is 19.9. The third-order valence-electron chi connectivity index (χ3n) is 12.9. The maximum absolute atomic E-state index is 15.6. The summed E-state index contributed by atoms with van der Waals surface area (Å²) in [5.41, 5.74) is 22.0. The van der Waals surface area contributed by atoms with Crippen LogP contribution in [0.1, 0.15) is 49.3 Å². The fourth-order valence-electron chi connectivity index (χ4n) is 9.25. The lowest BCUT2D eigenvalue weighted by Crippen LogP contribution is -2.04. The molecule has 0 saturated carbocycles. The lowest BCUT2D eigenvalue weighted by molar-refractivity contribution is 0.103. The zero-order valence-corrected chi connectivity index (χ0v) is 38.8. The lowest BCUT2D eigenvalue weighted by atomic mass is 9.85. The Balaban J connectivity index is 1.21. The summed E-state index contributed by atoms with van der Waals surface area (Å²) in [6.07, 6.45) is 9.19. The highest BCUT2D eigenvalue weighted by Crippen LogP contribution is 2.41. The van der Waals surface area contributed by atoms with Gasteiger partial charge < -0.3 is 0 Å². The summed E-state index contributed by atoms with van der Waals surface area (Å²) in [5, 5.41) is 0. The van der Waals surface area contributed by atoms with Crippen molar-refractivity contribution in [3.05, 3.63) is 282 Å². The maximum atomic E-state index is 15.6. The van der Waals surface area contributed by atoms with Crippen LogP contribution in [0, 0.1) is 27.7 Å². The van der Waals surface area contributed by atoms with E-state index in [-0.39, 0.29) is 5.78 Å². The van der Waals surface area contributed by atoms with E-state index in [9.17, 15) is 0 Å². The van der Waals surface area contributed by atoms with Crippen molar-refractivity contribution in [1.29, 1.82) is 0 Å². The van der Waals surface area contributed by atoms with E-state index >= 15 is 4.79 Å². The van der Waals surface area contributed by atoms with Gasteiger partial charge in [-0.2, -0.15) is 0 Å². The summed E-state index contributed by atoms with van der Waals surface area (Å²) < 4.78 is 0. The summed E-state index contributed by atoms with van der Waals surface area (Å²) in [4.78, 5) is 15.6. The second-order valence-corrected chi connectivity index (χ2v) is 17.5. The first kappa shape index (κ1) is 44.1. The maximum Gasteiger partial charge on any atom is 0.193 e. The molecule has 0 unspecified atom stereocenters. The Morgan fingerprint density at radius 2 is 0.716 bits per heavy atom. The van der Waals surface area contributed by atoms with Crippen LogP contribution in [0.5, 0.6) is 0 Å². The molecule has 0 atom stereocenters. The molecule has 0 aliphatic rings. The van der Waals surface area contributed by atoms with E-state index in [0.29, 0.717) is 11.1 Å². The van der Waals surface area contributed by atoms with Gasteiger partial charge in [-0.3, -0.25) is 4.79 Å². The van der Waals surface area contributed by atoms with Crippen LogP contribution in [0.2, 0.25) is 0 Å². The van der Waals surface area contributed by atoms with Crippen molar-refractivity contribution in [3.63, 3.8) is 0 Å². The van der Waals surface area contributed by atoms with Crippen molar-refractivity contribution in [2.75, 3.05) is 0 Å². The molecule has 0 aliphatic heterocycles. The number of hydrogen-bond donors (Lipinski definition) is 0. The third-order valence-corrected chi connectivity index (χ3v) is 12.9. The van der Waals surface area contributed by atoms with E-state index < -0.39 is 0 Å². The predicted octanol–water partition coefficient (Wildman–Crippen LogP) is 17.5. The number of allylic oxidation sites excluding steroid dienone is 5. The van der Waals surface area contributed by atoms with E-state index in [2.05, 4.69) is 247 Å². The van der Waals surface area contributed by atoms with E-state index in [4.69, 9.17) is 0 Å². The average molecular weight is 863 g/mol. The summed E-state index contributed by atoms with van der Waals surface area (Å²) in [5.74, 6) is -0.0591. The van der Waals surface area contributed by atoms with Crippen molar-refractivity contribution < 1.29 is 4.79 Å². The molecule has 0 aliphatic carbocycles. The fourth-order valence-corrected chi connectivity index (χ4v) is 9.25. The molecule has 67 heavy (non-hydrogen) atoms. The molecule has 0 heterocycles. The molecule has 0 radical (unpaired) electrons. The normalized spacial score (nSPS) is 11.3. The molecule has 1 nitrogen and oxygen atoms in total. The summed E-state index contributed by atoms with van der Waals surface area (Å²) in [6, 6.07) is 72.3. The quantitative estimate of drug-likeness (QED) is 0.0834. The number of benzene rings is 9. The van der Waals surface area contributed by atoms with Crippen LogP contribution in [0.3, 0.4) is 0 Å². The van der Waals surface area contributed by atoms with E-state index in [1.165, 1.54) is 27.8 Å². The predicted molar refractivity (Wildman–Crippen MR) is 285 cm³/mol. The first-order valence-corrected chi connectivity index (χ1v) is 23.1. The minimum Gasteiger partial charge on any atom is -0.289 e. The van der Waals surface area contributed by atoms with Crippen LogP contribution >= 0.6 is 0 Å². The lowest BCUT2D eigenvalue weighted by Gasteiger charge is -2.18. The summed E-state index contributed by atoms with van der Waals surface area (Å²) in [6.45, 7) is 13.2. The molecule has 0 saturated heterocycles. The topological polar surface area (TPSA) is 17.1 Å². The van der Waals surface area contributed by atoms with Gasteiger partial charge in [0, 0.05) is 11.1 Å². The minimum absolute atomic E-state index is 0.0591. The Bertz CT molecular complexity index is 3250. The molecule has 0 amide bonds. The number of rotatable bonds is 13. The minimum atomic E-state index is -0.0591. The number of aryl methyl sites for hydroxylation is 4. The van der Waals surface area contributed by atoms with Crippen molar-refractivity contribution in [3.8, 4) is 66.8 Å². The molecule has 324 valence electrons. The van der Waals surface area contributed by atoms with Gasteiger partial charge in [0.1, 0.15) is 0 Å². The van der Waals surface area contributed by atoms with Gasteiger partial charge in [-0.05, 0) is 176 Å². The molecule has 9 aromatic rings. The Morgan fingerprint density at radius 1 is 0.373 bits per heavy atom. The summed E-state index contributed by atoms with van der Waals surface area (Å²) >= 11 is 0. The molecule has 0 N–H and O–H groups in total. The molecule has 0 fully saturated rings. The highest BCUT2D eigenvalue weighted by Gasteiger charge is 2.20. The van der Waals surface area contributed by atoms with Crippen molar-refractivity contribution in [2.45, 2.75) is 34.1 Å². The molecular weight excluding hydrogens is 809 g/mol. The third kappa shape index (κ3) is 9.64. The van der Waals surface area contributed by atoms with Crippen LogP contribution in [-0.4, -0.2) is 5.78 Å². The molecule has 0 bridgehead atoms. The Labute approximate surface area is 396 Å². The van der Waals surface area contributed by atoms with Crippen LogP contribution in [0.4, 0.5) is 0 Å². The van der Waals surface area contributed by atoms with Gasteiger partial charge in [0.05, 0.1) is 0 Å². The first-order valence-electron chi connectivity index (χ1n) is 23.1. The van der Waals surface area contributed by atoms with Crippen LogP contribution in [0.15, 0.2) is 237 Å². The van der Waals surface area contributed by atoms with Gasteiger partial charge in [0.25, 0.3) is 0 Å². The molecular formula is C66H54O. The average Bonchev–Trinajstić information content (AvgIpc) is 3.36. The second-order valence-electron chi connectivity index (χ2n) is 17.5. The number of carbonyl (C=O) groups excluding carboxylic acids is 1. The molecule has 9 rings (SSSR count). The SMILES string of the molecule is C=C(/C=C\C=C/Cc1ccccc1C)c1cc(C(=O)c2cc(-c3ccccc3-c3ccccc3C)cc(-c3ccccc3-c3ccccc3C)c2)cc(-c2ccccc2-c2ccccc2C)c1. The van der Waals surface area contributed by atoms with E-state index in [1.54, 1.807) is 0 Å². The van der Waals surface area contributed by atoms with Crippen LogP contribution in [-0.2, 0) is 6.42 Å². The van der Waals surface area contributed by atoms with Crippen molar-refractivity contribution >= 4 is 11.4 Å². The van der Waals surface area contributed by atoms with Gasteiger partial charge in [-0.1, -0.05) is 201 Å². The van der Waals surface area contributed by atoms with Gasteiger partial charge in [0.15, 0.2) is 5.78 Å². The standard InChI is InChI=1S/C66H54O/c1-45-24-9-13-29-50(45)28-8-6-7-23-46(2)51-39-52(60-33-17-20-36-63(60)57-30-14-10-25-47(57)3)42-55(40-51)66(67)56-43-53(61-34-18-21-37-64(61)58-31-15-11-26-48(58)4)41-54(44-56)62-35-19-22-38-65(62)59-32-16-12-27-49(59)5/h6-27,29-44H,2,28H2,1,3-5H3/b8-6-,23-7-. The zero-order valence-electron chi connectivity index (χ0n) is 38.8. The zero-order chi connectivity index (χ0) is 46.3. The molecule has 0 spiro atoms. The molecule has 1 heteroatoms. The number of hydrogen-bond acceptors (Lipinski definition) is 1. The molecule has 0 aromatic heterocycles. The fraction of sp³-hybridized carbons (Fsp3) is 0.0758. The van der Waals surface area contributed by atoms with Crippen molar-refractivity contribution in [1.82, 2.24) is 0 Å². The van der Waals surface area contributed by atoms with Crippen LogP contribution < -0.4 is 0 Å². The highest BCUT2D eigenvalue weighted by molar-refractivity contribution is 6.12. The summed E-state index contributed by atoms with van der Waals surface area (Å²) in [7, 11) is 0. The van der Waals surface area contributed by atoms with E-state index in [1.807, 2.05) is 18.2 Å². The van der Waals surface area contributed by atoms with Gasteiger partial charge in [-0.15, -0.1) is 0 Å². The molecule has 9 aromatic carbocycles. The van der Waals surface area contributed by atoms with Crippen molar-refractivity contribution in [2.24, 2.45) is 0 Å². The monoisotopic (exact) mass is 862 g/mol. The van der Waals surface area contributed by atoms with E-state index in [0.717, 1.165) is 84.3 Å².